The van der Waals surface area contributed by atoms with E-state index >= 15 is 0 Å². The first-order chi connectivity index (χ1) is 9.99. The van der Waals surface area contributed by atoms with Gasteiger partial charge in [0.15, 0.2) is 0 Å². The van der Waals surface area contributed by atoms with Crippen molar-refractivity contribution >= 4 is 17.6 Å². The van der Waals surface area contributed by atoms with Crippen LogP contribution in [0.4, 0.5) is 5.69 Å². The van der Waals surface area contributed by atoms with Gasteiger partial charge in [0, 0.05) is 31.3 Å². The molecule has 8 heteroatoms. The van der Waals surface area contributed by atoms with Crippen LogP contribution in [-0.2, 0) is 16.1 Å². The van der Waals surface area contributed by atoms with Crippen LogP contribution in [0.1, 0.15) is 12.0 Å². The van der Waals surface area contributed by atoms with Crippen LogP contribution < -0.4 is 5.32 Å². The Morgan fingerprint density at radius 3 is 2.86 bits per heavy atom. The molecule has 1 aromatic rings. The molecule has 1 aliphatic rings. The molecule has 1 unspecified atom stereocenters. The molecule has 1 aromatic carbocycles. The van der Waals surface area contributed by atoms with Crippen molar-refractivity contribution in [2.24, 2.45) is 0 Å². The Morgan fingerprint density at radius 1 is 1.48 bits per heavy atom. The summed E-state index contributed by atoms with van der Waals surface area (Å²) in [6.45, 7) is 1.02. The van der Waals surface area contributed by atoms with Crippen LogP contribution in [0.5, 0.6) is 0 Å². The van der Waals surface area contributed by atoms with Crippen molar-refractivity contribution in [3.8, 4) is 0 Å². The van der Waals surface area contributed by atoms with E-state index in [9.17, 15) is 19.7 Å². The molecule has 112 valence electrons. The molecule has 0 saturated carbocycles. The molecule has 1 heterocycles. The first kappa shape index (κ1) is 14.9. The van der Waals surface area contributed by atoms with Gasteiger partial charge < -0.3 is 10.4 Å². The molecule has 1 amide bonds. The van der Waals surface area contributed by atoms with Crippen molar-refractivity contribution in [2.75, 3.05) is 13.1 Å². The fourth-order valence-electron chi connectivity index (χ4n) is 2.38. The lowest BCUT2D eigenvalue weighted by molar-refractivity contribution is -0.385. The van der Waals surface area contributed by atoms with Gasteiger partial charge in [-0.15, -0.1) is 0 Å². The number of hydrogen-bond acceptors (Lipinski definition) is 5. The van der Waals surface area contributed by atoms with E-state index in [-0.39, 0.29) is 24.6 Å². The highest BCUT2D eigenvalue weighted by molar-refractivity contribution is 5.86. The Bertz CT molecular complexity index is 575. The van der Waals surface area contributed by atoms with E-state index in [1.807, 2.05) is 0 Å². The Balaban J connectivity index is 2.22. The predicted octanol–water partition coefficient (Wildman–Crippen LogP) is 0.370. The number of para-hydroxylation sites is 1. The molecule has 1 saturated heterocycles. The average Bonchev–Trinajstić information content (AvgIpc) is 2.42. The molecular formula is C13H15N3O5. The fraction of sp³-hybridized carbons (Fsp3) is 0.385. The Morgan fingerprint density at radius 2 is 2.19 bits per heavy atom. The number of aliphatic carboxylic acids is 1. The van der Waals surface area contributed by atoms with Crippen LogP contribution in [0.15, 0.2) is 24.3 Å². The summed E-state index contributed by atoms with van der Waals surface area (Å²) in [4.78, 5) is 34.9. The number of amides is 1. The fourth-order valence-corrected chi connectivity index (χ4v) is 2.38. The van der Waals surface area contributed by atoms with E-state index in [2.05, 4.69) is 5.32 Å². The minimum absolute atomic E-state index is 0.0300. The van der Waals surface area contributed by atoms with Crippen molar-refractivity contribution < 1.29 is 19.6 Å². The quantitative estimate of drug-likeness (QED) is 0.599. The van der Waals surface area contributed by atoms with E-state index in [1.165, 1.54) is 6.07 Å². The van der Waals surface area contributed by atoms with Gasteiger partial charge in [0.1, 0.15) is 6.04 Å². The largest absolute Gasteiger partial charge is 0.481 e. The molecule has 1 fully saturated rings. The Labute approximate surface area is 120 Å². The number of nitro benzene ring substituents is 1. The SMILES string of the molecule is O=C(O)CC1C(=O)NCCN1Cc1ccccc1[N+](=O)[O-]. The number of carbonyl (C=O) groups is 2. The lowest BCUT2D eigenvalue weighted by atomic mass is 10.1. The number of hydrogen-bond donors (Lipinski definition) is 2. The molecule has 2 N–H and O–H groups in total. The molecule has 0 radical (unpaired) electrons. The summed E-state index contributed by atoms with van der Waals surface area (Å²) >= 11 is 0. The van der Waals surface area contributed by atoms with Crippen molar-refractivity contribution in [3.05, 3.63) is 39.9 Å². The van der Waals surface area contributed by atoms with Gasteiger partial charge in [-0.1, -0.05) is 18.2 Å². The molecule has 0 bridgehead atoms. The van der Waals surface area contributed by atoms with Crippen molar-refractivity contribution in [1.82, 2.24) is 10.2 Å². The number of nitrogens with one attached hydrogen (secondary N) is 1. The molecule has 21 heavy (non-hydrogen) atoms. The van der Waals surface area contributed by atoms with Crippen LogP contribution in [0.25, 0.3) is 0 Å². The first-order valence-corrected chi connectivity index (χ1v) is 6.45. The normalized spacial score (nSPS) is 19.0. The smallest absolute Gasteiger partial charge is 0.305 e. The number of rotatable bonds is 5. The summed E-state index contributed by atoms with van der Waals surface area (Å²) in [5.74, 6) is -1.44. The van der Waals surface area contributed by atoms with Gasteiger partial charge in [-0.05, 0) is 0 Å². The Kier molecular flexibility index (Phi) is 4.49. The lowest BCUT2D eigenvalue weighted by Crippen LogP contribution is -2.55. The number of nitrogens with zero attached hydrogens (tertiary/aromatic N) is 2. The second-order valence-corrected chi connectivity index (χ2v) is 4.76. The second kappa shape index (κ2) is 6.31. The zero-order valence-electron chi connectivity index (χ0n) is 11.2. The number of piperazine rings is 1. The highest BCUT2D eigenvalue weighted by Gasteiger charge is 2.32. The monoisotopic (exact) mass is 293 g/mol. The number of nitro groups is 1. The standard InChI is InChI=1S/C13H15N3O5/c17-12(18)7-11-13(19)14-5-6-15(11)8-9-3-1-2-4-10(9)16(20)21/h1-4,11H,5-8H2,(H,14,19)(H,17,18). The number of carboxylic acid groups (broad SMARTS) is 1. The van der Waals surface area contributed by atoms with Crippen molar-refractivity contribution in [2.45, 2.75) is 19.0 Å². The highest BCUT2D eigenvalue weighted by atomic mass is 16.6. The molecular weight excluding hydrogens is 278 g/mol. The molecule has 8 nitrogen and oxygen atoms in total. The van der Waals surface area contributed by atoms with E-state index in [4.69, 9.17) is 5.11 Å². The third kappa shape index (κ3) is 3.54. The zero-order chi connectivity index (χ0) is 15.4. The maximum Gasteiger partial charge on any atom is 0.305 e. The molecule has 0 aromatic heterocycles. The molecule has 2 rings (SSSR count). The maximum atomic E-state index is 11.8. The molecule has 1 atom stereocenters. The molecule has 1 aliphatic heterocycles. The van der Waals surface area contributed by atoms with Crippen molar-refractivity contribution in [1.29, 1.82) is 0 Å². The lowest BCUT2D eigenvalue weighted by Gasteiger charge is -2.34. The second-order valence-electron chi connectivity index (χ2n) is 4.76. The summed E-state index contributed by atoms with van der Waals surface area (Å²) in [5, 5.41) is 22.5. The van der Waals surface area contributed by atoms with Gasteiger partial charge in [0.2, 0.25) is 5.91 Å². The van der Waals surface area contributed by atoms with E-state index in [0.717, 1.165) is 0 Å². The van der Waals surface area contributed by atoms with Crippen molar-refractivity contribution in [3.63, 3.8) is 0 Å². The number of benzene rings is 1. The van der Waals surface area contributed by atoms with Crippen LogP contribution in [-0.4, -0.2) is 45.9 Å². The highest BCUT2D eigenvalue weighted by Crippen LogP contribution is 2.22. The van der Waals surface area contributed by atoms with Gasteiger partial charge >= 0.3 is 5.97 Å². The third-order valence-corrected chi connectivity index (χ3v) is 3.37. The summed E-state index contributed by atoms with van der Waals surface area (Å²) < 4.78 is 0. The summed E-state index contributed by atoms with van der Waals surface area (Å²) in [7, 11) is 0. The van der Waals surface area contributed by atoms with Gasteiger partial charge in [0.05, 0.1) is 11.3 Å². The number of carbonyl (C=O) groups excluding carboxylic acids is 1. The average molecular weight is 293 g/mol. The van der Waals surface area contributed by atoms with Crippen LogP contribution in [0, 0.1) is 10.1 Å². The molecule has 0 aliphatic carbocycles. The maximum absolute atomic E-state index is 11.8. The van der Waals surface area contributed by atoms with Crippen LogP contribution >= 0.6 is 0 Å². The van der Waals surface area contributed by atoms with E-state index in [1.54, 1.807) is 23.1 Å². The minimum Gasteiger partial charge on any atom is -0.481 e. The summed E-state index contributed by atoms with van der Waals surface area (Å²) in [6, 6.07) is 5.45. The summed E-state index contributed by atoms with van der Waals surface area (Å²) in [6.07, 6.45) is -0.327. The molecule has 0 spiro atoms. The minimum atomic E-state index is -1.08. The Hall–Kier alpha value is -2.48. The van der Waals surface area contributed by atoms with Crippen LogP contribution in [0.3, 0.4) is 0 Å². The van der Waals surface area contributed by atoms with E-state index < -0.39 is 16.9 Å². The van der Waals surface area contributed by atoms with Gasteiger partial charge in [-0.2, -0.15) is 0 Å². The van der Waals surface area contributed by atoms with E-state index in [0.29, 0.717) is 18.7 Å². The van der Waals surface area contributed by atoms with Crippen LogP contribution in [0.2, 0.25) is 0 Å². The zero-order valence-corrected chi connectivity index (χ0v) is 11.2. The van der Waals surface area contributed by atoms with Gasteiger partial charge in [-0.25, -0.2) is 0 Å². The number of carboxylic acids is 1. The predicted molar refractivity (Wildman–Crippen MR) is 72.6 cm³/mol. The topological polar surface area (TPSA) is 113 Å². The van der Waals surface area contributed by atoms with Gasteiger partial charge in [0.25, 0.3) is 5.69 Å². The van der Waals surface area contributed by atoms with Gasteiger partial charge in [-0.3, -0.25) is 24.6 Å². The third-order valence-electron chi connectivity index (χ3n) is 3.37. The first-order valence-electron chi connectivity index (χ1n) is 6.45. The summed E-state index contributed by atoms with van der Waals surface area (Å²) in [5.41, 5.74) is 0.435.